The van der Waals surface area contributed by atoms with Crippen LogP contribution in [0, 0.1) is 75.4 Å². The van der Waals surface area contributed by atoms with Gasteiger partial charge in [0, 0.05) is 43.5 Å². The second-order valence-corrected chi connectivity index (χ2v) is 22.6. The van der Waals surface area contributed by atoms with Crippen molar-refractivity contribution < 1.29 is 34.8 Å². The minimum Gasteiger partial charge on any atom is -0.481 e. The summed E-state index contributed by atoms with van der Waals surface area (Å²) in [5.74, 6) is 8.46. The Labute approximate surface area is 371 Å². The number of aliphatic carboxylic acids is 1. The fourth-order valence-electron chi connectivity index (χ4n) is 16.6. The van der Waals surface area contributed by atoms with Crippen molar-refractivity contribution in [3.8, 4) is 11.8 Å². The normalized spacial score (nSPS) is 43.7. The maximum atomic E-state index is 12.5. The van der Waals surface area contributed by atoms with Gasteiger partial charge in [-0.05, 0) is 190 Å². The van der Waals surface area contributed by atoms with Crippen LogP contribution in [0.1, 0.15) is 149 Å². The quantitative estimate of drug-likeness (QED) is 0.172. The molecule has 2 unspecified atom stereocenters. The third kappa shape index (κ3) is 7.08. The minimum atomic E-state index is -0.985. The summed E-state index contributed by atoms with van der Waals surface area (Å²) in [5, 5.41) is 45.4. The second-order valence-electron chi connectivity index (χ2n) is 22.6. The predicted molar refractivity (Wildman–Crippen MR) is 242 cm³/mol. The minimum absolute atomic E-state index is 0.0643. The number of allylic oxidation sites excluding steroid dienone is 4. The summed E-state index contributed by atoms with van der Waals surface area (Å²) in [4.78, 5) is 26.2. The van der Waals surface area contributed by atoms with Gasteiger partial charge in [-0.3, -0.25) is 9.59 Å². The van der Waals surface area contributed by atoms with E-state index < -0.39 is 17.7 Å². The van der Waals surface area contributed by atoms with Gasteiger partial charge in [-0.2, -0.15) is 0 Å². The van der Waals surface area contributed by atoms with Crippen LogP contribution in [0.5, 0.6) is 0 Å². The molecule has 8 nitrogen and oxygen atoms in total. The highest BCUT2D eigenvalue weighted by Gasteiger charge is 2.66. The number of hydrogen-bond donors (Lipinski definition) is 4. The molecule has 0 aliphatic heterocycles. The first kappa shape index (κ1) is 44.3. The van der Waals surface area contributed by atoms with Gasteiger partial charge in [-0.25, -0.2) is 0 Å². The number of rotatable bonds is 10. The summed E-state index contributed by atoms with van der Waals surface area (Å²) >= 11 is 0. The number of fused-ring (bicyclic) bond motifs is 9. The fraction of sp³-hybridized carbons (Fsp3) is 0.741. The van der Waals surface area contributed by atoms with Crippen molar-refractivity contribution in [3.05, 3.63) is 52.6 Å². The lowest BCUT2D eigenvalue weighted by atomic mass is 9.43. The topological polar surface area (TPSA) is 128 Å². The average molecular weight is 850 g/mol. The van der Waals surface area contributed by atoms with Crippen LogP contribution in [-0.2, 0) is 14.3 Å². The summed E-state index contributed by atoms with van der Waals surface area (Å²) < 4.78 is 6.67. The van der Waals surface area contributed by atoms with Crippen molar-refractivity contribution in [2.45, 2.75) is 167 Å². The summed E-state index contributed by atoms with van der Waals surface area (Å²) in [6, 6.07) is 9.10. The number of aliphatic hydroxyl groups excluding tert-OH is 2. The molecule has 16 atom stereocenters. The van der Waals surface area contributed by atoms with Gasteiger partial charge in [0.25, 0.3) is 0 Å². The molecular weight excluding hydrogens is 775 g/mol. The zero-order valence-electron chi connectivity index (χ0n) is 38.5. The first-order valence-electron chi connectivity index (χ1n) is 24.7. The van der Waals surface area contributed by atoms with Crippen LogP contribution in [0.4, 0.5) is 5.69 Å². The molecule has 1 aromatic rings. The van der Waals surface area contributed by atoms with E-state index in [1.807, 2.05) is 13.0 Å². The number of anilines is 1. The summed E-state index contributed by atoms with van der Waals surface area (Å²) in [5.41, 5.74) is 5.16. The molecular formula is C54H75NO7. The van der Waals surface area contributed by atoms with E-state index in [1.165, 1.54) is 22.3 Å². The lowest BCUT2D eigenvalue weighted by Crippen LogP contribution is -2.62. The Morgan fingerprint density at radius 1 is 0.952 bits per heavy atom. The van der Waals surface area contributed by atoms with Gasteiger partial charge < -0.3 is 30.1 Å². The highest BCUT2D eigenvalue weighted by atomic mass is 16.5. The first-order chi connectivity index (χ1) is 29.5. The fourth-order valence-corrected chi connectivity index (χ4v) is 16.6. The highest BCUT2D eigenvalue weighted by Crippen LogP contribution is 2.69. The van der Waals surface area contributed by atoms with Crippen molar-refractivity contribution in [1.29, 1.82) is 0 Å². The van der Waals surface area contributed by atoms with E-state index in [-0.39, 0.29) is 76.2 Å². The molecule has 1 aromatic carbocycles. The number of nitrogens with zero attached hydrogens (tertiary/aromatic N) is 1. The van der Waals surface area contributed by atoms with Crippen molar-refractivity contribution in [3.63, 3.8) is 0 Å². The number of carbonyl (C=O) groups excluding carboxylic acids is 1. The molecule has 338 valence electrons. The molecule has 62 heavy (non-hydrogen) atoms. The van der Waals surface area contributed by atoms with Crippen LogP contribution in [0.15, 0.2) is 47.1 Å². The van der Waals surface area contributed by atoms with Crippen LogP contribution < -0.4 is 4.90 Å². The van der Waals surface area contributed by atoms with Gasteiger partial charge in [0.05, 0.1) is 24.9 Å². The monoisotopic (exact) mass is 850 g/mol. The number of carboxylic acids is 1. The van der Waals surface area contributed by atoms with Gasteiger partial charge in [0.2, 0.25) is 0 Å². The average Bonchev–Trinajstić information content (AvgIpc) is 3.73. The van der Waals surface area contributed by atoms with Crippen LogP contribution in [-0.4, -0.2) is 76.3 Å². The number of carbonyl (C=O) groups is 2. The molecule has 6 fully saturated rings. The Morgan fingerprint density at radius 3 is 2.47 bits per heavy atom. The van der Waals surface area contributed by atoms with E-state index in [0.29, 0.717) is 37.2 Å². The molecule has 0 saturated heterocycles. The molecule has 0 radical (unpaired) electrons. The van der Waals surface area contributed by atoms with E-state index in [0.717, 1.165) is 95.7 Å². The molecule has 0 amide bonds. The largest absolute Gasteiger partial charge is 0.481 e. The molecule has 8 heteroatoms. The Morgan fingerprint density at radius 2 is 1.73 bits per heavy atom. The smallest absolute Gasteiger partial charge is 0.303 e. The molecule has 4 N–H and O–H groups in total. The molecule has 9 rings (SSSR count). The van der Waals surface area contributed by atoms with E-state index in [9.17, 15) is 30.0 Å². The van der Waals surface area contributed by atoms with Gasteiger partial charge in [0.15, 0.2) is 5.78 Å². The number of likely N-dealkylation sites (N-methyl/N-ethyl adjacent to an activating group) is 1. The maximum Gasteiger partial charge on any atom is 0.303 e. The van der Waals surface area contributed by atoms with Crippen LogP contribution in [0.2, 0.25) is 0 Å². The number of hydrogen-bond acceptors (Lipinski definition) is 7. The lowest BCUT2D eigenvalue weighted by Gasteiger charge is -2.63. The van der Waals surface area contributed by atoms with E-state index in [1.54, 1.807) is 0 Å². The number of aliphatic hydroxyl groups is 3. The van der Waals surface area contributed by atoms with Gasteiger partial charge in [-0.1, -0.05) is 51.3 Å². The number of ketones is 1. The zero-order chi connectivity index (χ0) is 43.9. The zero-order valence-corrected chi connectivity index (χ0v) is 38.5. The Kier molecular flexibility index (Phi) is 11.8. The second kappa shape index (κ2) is 16.5. The van der Waals surface area contributed by atoms with Crippen LogP contribution in [0.3, 0.4) is 0 Å². The number of ether oxygens (including phenoxy) is 1. The molecule has 0 spiro atoms. The Bertz CT molecular complexity index is 2030. The summed E-state index contributed by atoms with van der Waals surface area (Å²) in [6.07, 6.45) is 14.6. The van der Waals surface area contributed by atoms with Crippen molar-refractivity contribution in [1.82, 2.24) is 0 Å². The lowest BCUT2D eigenvalue weighted by molar-refractivity contribution is -0.209. The molecule has 8 aliphatic carbocycles. The Hall–Kier alpha value is -2.96. The van der Waals surface area contributed by atoms with Gasteiger partial charge in [-0.15, -0.1) is 5.92 Å². The van der Waals surface area contributed by atoms with Gasteiger partial charge in [0.1, 0.15) is 5.60 Å². The van der Waals surface area contributed by atoms with Crippen LogP contribution in [0.25, 0.3) is 0 Å². The predicted octanol–water partition coefficient (Wildman–Crippen LogP) is 9.26. The summed E-state index contributed by atoms with van der Waals surface area (Å²) in [6.45, 7) is 12.4. The maximum absolute atomic E-state index is 12.5. The van der Waals surface area contributed by atoms with E-state index in [4.69, 9.17) is 4.74 Å². The summed E-state index contributed by atoms with van der Waals surface area (Å²) in [7, 11) is 2.14. The SMILES string of the molecule is CC#C[C@]1(O)CCC2C3CCC4=CC(=O)CCC4=C3[C@H](c3ccc(N(C)CCO[C@H]4CC[C@@]5(C)[C@@H](C4)C[C@@H](O)[C@@H]4[C@@H]5C[C@H](O)[C@]5(C)[C@@H]([C@H](C)CCC(=O)O)CC[C@@H]45)cc3)C[C@@]21C. The molecule has 8 aliphatic rings. The standard InChI is InChI=1S/C54H75NO7/c1-7-22-54(61)24-21-43-40-15-11-34-27-37(56)14-16-39(34)49(40)41(31-52(43,54)4)33-9-12-36(13-10-33)55(6)25-26-62-38-20-23-51(3)35(28-38)29-46(57)50-44-18-17-42(32(2)8-19-48(59)60)53(44,5)47(58)30-45(50)51/h9-10,12-13,27,32,35,38,40-47,50,57-58,61H,8,11,14-21,23-26,28-31H2,1-6H3,(H,59,60)/t32-,35+,38+,40?,41+,42-,43?,44+,45+,46-,47+,50+,51+,52+,53-,54+/m1/s1. The number of carboxylic acid groups (broad SMARTS) is 1. The van der Waals surface area contributed by atoms with Crippen molar-refractivity contribution in [2.75, 3.05) is 25.1 Å². The number of benzene rings is 1. The molecule has 6 saturated carbocycles. The molecule has 0 aromatic heterocycles. The Balaban J connectivity index is 0.842. The van der Waals surface area contributed by atoms with Crippen molar-refractivity contribution in [2.24, 2.45) is 63.6 Å². The van der Waals surface area contributed by atoms with Crippen molar-refractivity contribution >= 4 is 17.4 Å². The molecule has 0 bridgehead atoms. The third-order valence-corrected chi connectivity index (χ3v) is 20.0. The van der Waals surface area contributed by atoms with Crippen LogP contribution >= 0.6 is 0 Å². The molecule has 0 heterocycles. The van der Waals surface area contributed by atoms with Gasteiger partial charge >= 0.3 is 5.97 Å². The van der Waals surface area contributed by atoms with E-state index >= 15 is 0 Å². The highest BCUT2D eigenvalue weighted by molar-refractivity contribution is 5.93. The first-order valence-corrected chi connectivity index (χ1v) is 24.7. The third-order valence-electron chi connectivity index (χ3n) is 20.0. The van der Waals surface area contributed by atoms with E-state index in [2.05, 4.69) is 75.7 Å².